The molecule has 0 saturated heterocycles. The molecule has 0 radical (unpaired) electrons. The highest BCUT2D eigenvalue weighted by Gasteiger charge is 2.14. The van der Waals surface area contributed by atoms with Crippen molar-refractivity contribution < 1.29 is 24.8 Å². The van der Waals surface area contributed by atoms with E-state index in [0.717, 1.165) is 21.7 Å². The molecular weight excluding hydrogens is 384 g/mol. The van der Waals surface area contributed by atoms with Crippen molar-refractivity contribution in [3.05, 3.63) is 52.8 Å². The molecule has 116 valence electrons. The highest BCUT2D eigenvalue weighted by atomic mass is 35.5. The Hall–Kier alpha value is -1.04. The highest BCUT2D eigenvalue weighted by molar-refractivity contribution is 7.19. The number of aromatic nitrogens is 2. The zero-order valence-corrected chi connectivity index (χ0v) is 14.8. The third kappa shape index (κ3) is 3.83. The summed E-state index contributed by atoms with van der Waals surface area (Å²) >= 11 is 13.5. The summed E-state index contributed by atoms with van der Waals surface area (Å²) in [7, 11) is 0. The molecule has 3 rings (SSSR count). The Morgan fingerprint density at radius 2 is 1.59 bits per heavy atom. The maximum absolute atomic E-state index is 6.07. The highest BCUT2D eigenvalue weighted by Crippen LogP contribution is 2.39. The molecule has 1 aromatic carbocycles. The molecule has 3 aromatic rings. The third-order valence-electron chi connectivity index (χ3n) is 2.78. The summed E-state index contributed by atoms with van der Waals surface area (Å²) in [5, 5.41) is 1.53. The van der Waals surface area contributed by atoms with Crippen molar-refractivity contribution in [2.75, 3.05) is 5.73 Å². The Morgan fingerprint density at radius 1 is 0.909 bits per heavy atom. The summed E-state index contributed by atoms with van der Waals surface area (Å²) in [4.78, 5) is 9.41. The first-order chi connectivity index (χ1) is 9.65. The van der Waals surface area contributed by atoms with Gasteiger partial charge in [-0.2, -0.15) is 0 Å². The maximum atomic E-state index is 6.07. The molecule has 2 aromatic heterocycles. The molecule has 0 saturated carbocycles. The normalized spacial score (nSPS) is 9.73. The van der Waals surface area contributed by atoms with E-state index in [1.54, 1.807) is 24.5 Å². The number of benzene rings is 1. The van der Waals surface area contributed by atoms with Crippen molar-refractivity contribution >= 4 is 39.7 Å². The molecule has 22 heavy (non-hydrogen) atoms. The first-order valence-corrected chi connectivity index (χ1v) is 7.34. The number of anilines is 1. The van der Waals surface area contributed by atoms with Gasteiger partial charge in [-0.15, -0.1) is 0 Å². The van der Waals surface area contributed by atoms with Gasteiger partial charge in [0.15, 0.2) is 5.13 Å². The molecule has 0 aliphatic carbocycles. The lowest BCUT2D eigenvalue weighted by atomic mass is 10.1. The van der Waals surface area contributed by atoms with Crippen LogP contribution in [0.3, 0.4) is 0 Å². The zero-order chi connectivity index (χ0) is 14.1. The van der Waals surface area contributed by atoms with E-state index in [9.17, 15) is 0 Å². The summed E-state index contributed by atoms with van der Waals surface area (Å²) < 4.78 is 0. The minimum Gasteiger partial charge on any atom is -1.00 e. The smallest absolute Gasteiger partial charge is 0.181 e. The molecule has 2 N–H and O–H groups in total. The van der Waals surface area contributed by atoms with Crippen molar-refractivity contribution in [3.63, 3.8) is 0 Å². The summed E-state index contributed by atoms with van der Waals surface area (Å²) in [5.41, 5.74) is 8.57. The third-order valence-corrected chi connectivity index (χ3v) is 4.45. The number of nitrogens with zero attached hydrogens (tertiary/aromatic N) is 2. The van der Waals surface area contributed by atoms with E-state index in [4.69, 9.17) is 28.9 Å². The van der Waals surface area contributed by atoms with Crippen molar-refractivity contribution in [1.82, 2.24) is 9.97 Å². The first kappa shape index (κ1) is 19.0. The summed E-state index contributed by atoms with van der Waals surface area (Å²) in [6.07, 6.45) is 3.48. The predicted octanol–water partition coefficient (Wildman–Crippen LogP) is -1.23. The van der Waals surface area contributed by atoms with E-state index in [-0.39, 0.29) is 24.8 Å². The molecule has 0 aliphatic heterocycles. The number of hydrogen-bond donors (Lipinski definition) is 1. The van der Waals surface area contributed by atoms with Gasteiger partial charge in [0.05, 0.1) is 20.6 Å². The molecule has 0 aliphatic rings. The van der Waals surface area contributed by atoms with Crippen LogP contribution in [0.1, 0.15) is 0 Å². The Morgan fingerprint density at radius 3 is 2.23 bits per heavy atom. The van der Waals surface area contributed by atoms with E-state index in [1.807, 2.05) is 18.2 Å². The largest absolute Gasteiger partial charge is 1.00 e. The van der Waals surface area contributed by atoms with Crippen LogP contribution in [0.25, 0.3) is 21.7 Å². The van der Waals surface area contributed by atoms with Crippen LogP contribution < -0.4 is 30.5 Å². The van der Waals surface area contributed by atoms with Gasteiger partial charge in [0.25, 0.3) is 0 Å². The van der Waals surface area contributed by atoms with Gasteiger partial charge in [0, 0.05) is 18.0 Å². The monoisotopic (exact) mass is 391 g/mol. The fourth-order valence-electron chi connectivity index (χ4n) is 1.87. The zero-order valence-electron chi connectivity index (χ0n) is 10.9. The Balaban J connectivity index is 0.00000121. The molecule has 2 heterocycles. The SMILES string of the molecule is Nc1nc(-c2ccc(Cl)c(Cl)c2)c(-c2ccncc2)s1.[Cl-].[Cl-]. The minimum atomic E-state index is 0. The Bertz CT molecular complexity index is 762. The lowest BCUT2D eigenvalue weighted by Gasteiger charge is -2.04. The van der Waals surface area contributed by atoms with Crippen LogP contribution in [-0.2, 0) is 0 Å². The number of hydrogen-bond acceptors (Lipinski definition) is 4. The number of pyridine rings is 1. The topological polar surface area (TPSA) is 51.8 Å². The second kappa shape index (κ2) is 7.99. The van der Waals surface area contributed by atoms with Crippen LogP contribution in [0.2, 0.25) is 10.0 Å². The number of rotatable bonds is 2. The van der Waals surface area contributed by atoms with Crippen molar-refractivity contribution in [1.29, 1.82) is 0 Å². The van der Waals surface area contributed by atoms with E-state index in [0.29, 0.717) is 15.2 Å². The van der Waals surface area contributed by atoms with E-state index < -0.39 is 0 Å². The summed E-state index contributed by atoms with van der Waals surface area (Å²) in [6, 6.07) is 9.28. The molecular formula is C14H9Cl4N3S-2. The fraction of sp³-hybridized carbons (Fsp3) is 0. The number of nitrogens with two attached hydrogens (primary N) is 1. The van der Waals surface area contributed by atoms with Gasteiger partial charge in [-0.1, -0.05) is 40.6 Å². The second-order valence-electron chi connectivity index (χ2n) is 4.09. The molecule has 0 fully saturated rings. The second-order valence-corrected chi connectivity index (χ2v) is 5.94. The van der Waals surface area contributed by atoms with Gasteiger partial charge in [0.2, 0.25) is 0 Å². The molecule has 0 unspecified atom stereocenters. The average molecular weight is 393 g/mol. The minimum absolute atomic E-state index is 0. The van der Waals surface area contributed by atoms with Crippen molar-refractivity contribution in [2.24, 2.45) is 0 Å². The molecule has 0 bridgehead atoms. The summed E-state index contributed by atoms with van der Waals surface area (Å²) in [6.45, 7) is 0. The standard InChI is InChI=1S/C14H9Cl2N3S.2ClH/c15-10-2-1-9(7-11(10)16)12-13(20-14(17)19-12)8-3-5-18-6-4-8;;/h1-7H,(H2,17,19);2*1H/p-2. The van der Waals surface area contributed by atoms with Gasteiger partial charge in [0.1, 0.15) is 0 Å². The number of thiazole rings is 1. The van der Waals surface area contributed by atoms with Crippen LogP contribution in [0.4, 0.5) is 5.13 Å². The Kier molecular flexibility index (Phi) is 6.91. The van der Waals surface area contributed by atoms with Crippen LogP contribution in [0.15, 0.2) is 42.7 Å². The maximum Gasteiger partial charge on any atom is 0.181 e. The van der Waals surface area contributed by atoms with Crippen LogP contribution in [-0.4, -0.2) is 9.97 Å². The number of halogens is 4. The quantitative estimate of drug-likeness (QED) is 0.594. The first-order valence-electron chi connectivity index (χ1n) is 5.77. The fourth-order valence-corrected chi connectivity index (χ4v) is 3.03. The van der Waals surface area contributed by atoms with E-state index >= 15 is 0 Å². The number of nitrogen functional groups attached to an aromatic ring is 1. The molecule has 0 amide bonds. The van der Waals surface area contributed by atoms with Crippen molar-refractivity contribution in [2.45, 2.75) is 0 Å². The summed E-state index contributed by atoms with van der Waals surface area (Å²) in [5.74, 6) is 0. The average Bonchev–Trinajstić information content (AvgIpc) is 2.85. The van der Waals surface area contributed by atoms with Gasteiger partial charge in [-0.05, 0) is 29.8 Å². The molecule has 0 atom stereocenters. The van der Waals surface area contributed by atoms with Gasteiger partial charge in [-0.25, -0.2) is 4.98 Å². The van der Waals surface area contributed by atoms with Crippen LogP contribution in [0, 0.1) is 0 Å². The lowest BCUT2D eigenvalue weighted by molar-refractivity contribution is -0.001000. The predicted molar refractivity (Wildman–Crippen MR) is 85.2 cm³/mol. The lowest BCUT2D eigenvalue weighted by Crippen LogP contribution is -3.00. The molecule has 0 spiro atoms. The van der Waals surface area contributed by atoms with Gasteiger partial charge in [-0.3, -0.25) is 4.98 Å². The Labute approximate surface area is 154 Å². The van der Waals surface area contributed by atoms with Crippen LogP contribution >= 0.6 is 34.5 Å². The van der Waals surface area contributed by atoms with Gasteiger partial charge >= 0.3 is 0 Å². The van der Waals surface area contributed by atoms with Crippen LogP contribution in [0.5, 0.6) is 0 Å². The molecule has 3 nitrogen and oxygen atoms in total. The van der Waals surface area contributed by atoms with Gasteiger partial charge < -0.3 is 30.5 Å². The van der Waals surface area contributed by atoms with E-state index in [2.05, 4.69) is 9.97 Å². The molecule has 8 heteroatoms. The van der Waals surface area contributed by atoms with Crippen molar-refractivity contribution in [3.8, 4) is 21.7 Å². The van der Waals surface area contributed by atoms with E-state index in [1.165, 1.54) is 11.3 Å².